The van der Waals surface area contributed by atoms with Crippen LogP contribution in [-0.2, 0) is 20.5 Å². The smallest absolute Gasteiger partial charge is 0.398 e. The summed E-state index contributed by atoms with van der Waals surface area (Å²) >= 11 is 0. The SMILES string of the molecule is CC(C)Cc1[nH]nc(C2CCOCC2)c1C=C(F)B1OC(C)(C)C(C)(C)O1. The van der Waals surface area contributed by atoms with E-state index < -0.39 is 24.0 Å². The summed E-state index contributed by atoms with van der Waals surface area (Å²) in [6, 6.07) is 0. The molecule has 2 fully saturated rings. The van der Waals surface area contributed by atoms with E-state index in [0.717, 1.165) is 49.4 Å². The summed E-state index contributed by atoms with van der Waals surface area (Å²) in [4.78, 5) is 0. The molecule has 0 radical (unpaired) electrons. The van der Waals surface area contributed by atoms with Crippen LogP contribution >= 0.6 is 0 Å². The van der Waals surface area contributed by atoms with Gasteiger partial charge in [-0.3, -0.25) is 5.10 Å². The van der Waals surface area contributed by atoms with Crippen LogP contribution < -0.4 is 0 Å². The van der Waals surface area contributed by atoms with E-state index in [0.29, 0.717) is 5.92 Å². The summed E-state index contributed by atoms with van der Waals surface area (Å²) < 4.78 is 32.4. The van der Waals surface area contributed by atoms with Gasteiger partial charge < -0.3 is 14.0 Å². The highest BCUT2D eigenvalue weighted by Gasteiger charge is 2.53. The van der Waals surface area contributed by atoms with Crippen LogP contribution in [0.15, 0.2) is 5.73 Å². The lowest BCUT2D eigenvalue weighted by atomic mass is 9.84. The lowest BCUT2D eigenvalue weighted by molar-refractivity contribution is 0.00578. The predicted octanol–water partition coefficient (Wildman–Crippen LogP) is 4.44. The first-order valence-electron chi connectivity index (χ1n) is 9.98. The molecule has 0 amide bonds. The number of rotatable bonds is 5. The summed E-state index contributed by atoms with van der Waals surface area (Å²) in [7, 11) is -0.987. The van der Waals surface area contributed by atoms with Gasteiger partial charge in [0.25, 0.3) is 0 Å². The Hall–Kier alpha value is -1.18. The molecular formula is C20H32BFN2O3. The number of halogens is 1. The number of nitrogens with one attached hydrogen (secondary N) is 1. The third-order valence-corrected chi connectivity index (χ3v) is 5.89. The number of hydrogen-bond donors (Lipinski definition) is 1. The number of aromatic nitrogens is 2. The molecule has 3 rings (SSSR count). The van der Waals surface area contributed by atoms with Crippen molar-refractivity contribution in [3.63, 3.8) is 0 Å². The van der Waals surface area contributed by atoms with Gasteiger partial charge in [0.1, 0.15) is 5.73 Å². The third-order valence-electron chi connectivity index (χ3n) is 5.89. The first-order chi connectivity index (χ1) is 12.6. The Morgan fingerprint density at radius 3 is 2.37 bits per heavy atom. The van der Waals surface area contributed by atoms with Crippen molar-refractivity contribution in [3.8, 4) is 0 Å². The molecule has 2 saturated heterocycles. The average Bonchev–Trinajstić information content (AvgIpc) is 3.05. The second-order valence-corrected chi connectivity index (χ2v) is 9.10. The van der Waals surface area contributed by atoms with Crippen LogP contribution in [0.4, 0.5) is 4.39 Å². The molecule has 1 aromatic rings. The Kier molecular flexibility index (Phi) is 5.85. The van der Waals surface area contributed by atoms with Crippen molar-refractivity contribution in [3.05, 3.63) is 22.7 Å². The zero-order valence-electron chi connectivity index (χ0n) is 17.4. The van der Waals surface area contributed by atoms with Crippen LogP contribution in [0.5, 0.6) is 0 Å². The van der Waals surface area contributed by atoms with Gasteiger partial charge in [0.15, 0.2) is 0 Å². The molecule has 0 bridgehead atoms. The molecule has 1 aromatic heterocycles. The van der Waals surface area contributed by atoms with E-state index in [1.807, 2.05) is 27.7 Å². The van der Waals surface area contributed by atoms with Gasteiger partial charge in [0.05, 0.1) is 16.9 Å². The molecule has 2 aliphatic rings. The average molecular weight is 378 g/mol. The largest absolute Gasteiger partial charge is 0.525 e. The maximum absolute atomic E-state index is 15.2. The second-order valence-electron chi connectivity index (χ2n) is 9.10. The Balaban J connectivity index is 1.91. The van der Waals surface area contributed by atoms with Crippen molar-refractivity contribution in [1.82, 2.24) is 10.2 Å². The van der Waals surface area contributed by atoms with E-state index in [2.05, 4.69) is 24.0 Å². The Labute approximate surface area is 162 Å². The maximum Gasteiger partial charge on any atom is 0.525 e. The van der Waals surface area contributed by atoms with Crippen molar-refractivity contribution < 1.29 is 18.4 Å². The minimum atomic E-state index is -0.987. The van der Waals surface area contributed by atoms with E-state index in [-0.39, 0.29) is 5.92 Å². The minimum Gasteiger partial charge on any atom is -0.398 e. The molecule has 0 unspecified atom stereocenters. The highest BCUT2D eigenvalue weighted by molar-refractivity contribution is 6.54. The topological polar surface area (TPSA) is 56.4 Å². The first-order valence-corrected chi connectivity index (χ1v) is 9.98. The summed E-state index contributed by atoms with van der Waals surface area (Å²) in [6.07, 6.45) is 4.20. The molecule has 0 aliphatic carbocycles. The van der Waals surface area contributed by atoms with Crippen molar-refractivity contribution in [2.24, 2.45) is 5.92 Å². The van der Waals surface area contributed by atoms with Gasteiger partial charge in [-0.15, -0.1) is 0 Å². The highest BCUT2D eigenvalue weighted by atomic mass is 19.1. The highest BCUT2D eigenvalue weighted by Crippen LogP contribution is 2.40. The number of aromatic amines is 1. The van der Waals surface area contributed by atoms with Gasteiger partial charge in [-0.2, -0.15) is 5.10 Å². The molecule has 0 spiro atoms. The zero-order valence-corrected chi connectivity index (χ0v) is 17.4. The van der Waals surface area contributed by atoms with Crippen LogP contribution in [-0.4, -0.2) is 41.7 Å². The van der Waals surface area contributed by atoms with Crippen LogP contribution in [0.25, 0.3) is 6.08 Å². The third kappa shape index (κ3) is 4.30. The molecule has 0 atom stereocenters. The van der Waals surface area contributed by atoms with Crippen molar-refractivity contribution in [1.29, 1.82) is 0 Å². The van der Waals surface area contributed by atoms with Crippen LogP contribution in [0.2, 0.25) is 0 Å². The van der Waals surface area contributed by atoms with E-state index in [4.69, 9.17) is 14.0 Å². The van der Waals surface area contributed by atoms with E-state index >= 15 is 4.39 Å². The Morgan fingerprint density at radius 1 is 1.22 bits per heavy atom. The Bertz CT molecular complexity index is 677. The normalized spacial score (nSPS) is 23.4. The molecule has 150 valence electrons. The van der Waals surface area contributed by atoms with Crippen LogP contribution in [0, 0.1) is 5.92 Å². The van der Waals surface area contributed by atoms with Crippen molar-refractivity contribution in [2.75, 3.05) is 13.2 Å². The molecule has 3 heterocycles. The summed E-state index contributed by atoms with van der Waals surface area (Å²) in [6.45, 7) is 13.4. The fourth-order valence-electron chi connectivity index (χ4n) is 3.57. The van der Waals surface area contributed by atoms with Gasteiger partial charge in [-0.25, -0.2) is 4.39 Å². The summed E-state index contributed by atoms with van der Waals surface area (Å²) in [5, 5.41) is 7.70. The van der Waals surface area contributed by atoms with Crippen LogP contribution in [0.1, 0.15) is 77.3 Å². The van der Waals surface area contributed by atoms with E-state index in [1.165, 1.54) is 0 Å². The van der Waals surface area contributed by atoms with E-state index in [9.17, 15) is 0 Å². The molecule has 0 aromatic carbocycles. The van der Waals surface area contributed by atoms with Crippen molar-refractivity contribution >= 4 is 13.2 Å². The molecule has 27 heavy (non-hydrogen) atoms. The minimum absolute atomic E-state index is 0.285. The lowest BCUT2D eigenvalue weighted by Gasteiger charge is -2.32. The Morgan fingerprint density at radius 2 is 1.81 bits per heavy atom. The first kappa shape index (κ1) is 20.6. The van der Waals surface area contributed by atoms with Crippen molar-refractivity contribution in [2.45, 2.75) is 77.9 Å². The molecule has 2 aliphatic heterocycles. The van der Waals surface area contributed by atoms with Gasteiger partial charge >= 0.3 is 7.12 Å². The second kappa shape index (κ2) is 7.68. The molecular weight excluding hydrogens is 346 g/mol. The number of H-pyrrole nitrogens is 1. The van der Waals surface area contributed by atoms with Gasteiger partial charge in [-0.05, 0) is 59.0 Å². The number of ether oxygens (including phenoxy) is 1. The number of hydrogen-bond acceptors (Lipinski definition) is 4. The van der Waals surface area contributed by atoms with Crippen LogP contribution in [0.3, 0.4) is 0 Å². The molecule has 7 heteroatoms. The fraction of sp³-hybridized carbons (Fsp3) is 0.750. The lowest BCUT2D eigenvalue weighted by Crippen LogP contribution is -2.41. The zero-order chi connectivity index (χ0) is 19.8. The predicted molar refractivity (Wildman–Crippen MR) is 105 cm³/mol. The van der Waals surface area contributed by atoms with E-state index in [1.54, 1.807) is 6.08 Å². The van der Waals surface area contributed by atoms with Gasteiger partial charge in [0.2, 0.25) is 0 Å². The summed E-state index contributed by atoms with van der Waals surface area (Å²) in [5.74, 6) is 0.730. The fourth-order valence-corrected chi connectivity index (χ4v) is 3.57. The van der Waals surface area contributed by atoms with Gasteiger partial charge in [-0.1, -0.05) is 13.8 Å². The standard InChI is InChI=1S/C20H32BFN2O3/c1-13(2)11-16-15(18(24-23-16)14-7-9-25-10-8-14)12-17(22)21-26-19(3,4)20(5,6)27-21/h12-14H,7-11H2,1-6H3,(H,23,24). The van der Waals surface area contributed by atoms with Gasteiger partial charge in [0, 0.05) is 30.4 Å². The quantitative estimate of drug-likeness (QED) is 0.770. The summed E-state index contributed by atoms with van der Waals surface area (Å²) in [5.41, 5.74) is 1.21. The number of nitrogens with zero attached hydrogens (tertiary/aromatic N) is 1. The molecule has 0 saturated carbocycles. The molecule has 5 nitrogen and oxygen atoms in total. The monoisotopic (exact) mass is 378 g/mol. The molecule has 1 N–H and O–H groups in total. The maximum atomic E-state index is 15.2.